The molecule has 2 aliphatic rings. The zero-order chi connectivity index (χ0) is 16.0. The largest absolute Gasteiger partial charge is 0.412 e. The maximum absolute atomic E-state index is 13.2. The second-order valence-electron chi connectivity index (χ2n) is 6.68. The van der Waals surface area contributed by atoms with Gasteiger partial charge in [-0.25, -0.2) is 0 Å². The number of nitrogens with one attached hydrogen (secondary N) is 2. The second-order valence-corrected chi connectivity index (χ2v) is 6.68. The molecule has 2 amide bonds. The predicted octanol–water partition coefficient (Wildman–Crippen LogP) is 1.85. The summed E-state index contributed by atoms with van der Waals surface area (Å²) in [5, 5.41) is 4.40. The molecule has 0 saturated heterocycles. The van der Waals surface area contributed by atoms with E-state index in [0.717, 1.165) is 6.92 Å². The normalized spacial score (nSPS) is 33.8. The zero-order valence-electron chi connectivity index (χ0n) is 12.4. The van der Waals surface area contributed by atoms with Crippen LogP contribution in [0, 0.1) is 23.7 Å². The average molecular weight is 306 g/mol. The molecule has 0 bridgehead atoms. The summed E-state index contributed by atoms with van der Waals surface area (Å²) in [5.74, 6) is -1.13. The quantitative estimate of drug-likeness (QED) is 0.814. The van der Waals surface area contributed by atoms with Gasteiger partial charge in [-0.3, -0.25) is 9.59 Å². The first-order chi connectivity index (χ1) is 9.55. The van der Waals surface area contributed by atoms with Gasteiger partial charge in [-0.1, -0.05) is 13.8 Å². The van der Waals surface area contributed by atoms with E-state index in [-0.39, 0.29) is 29.6 Å². The molecule has 2 rings (SSSR count). The third-order valence-corrected chi connectivity index (χ3v) is 4.53. The topological polar surface area (TPSA) is 58.2 Å². The van der Waals surface area contributed by atoms with Gasteiger partial charge < -0.3 is 10.6 Å². The van der Waals surface area contributed by atoms with Crippen molar-refractivity contribution in [1.29, 1.82) is 0 Å². The number of carbonyl (C=O) groups is 2. The Bertz CT molecular complexity index is 452. The van der Waals surface area contributed by atoms with Crippen LogP contribution < -0.4 is 10.6 Å². The van der Waals surface area contributed by atoms with Gasteiger partial charge in [0.15, 0.2) is 5.54 Å². The van der Waals surface area contributed by atoms with Gasteiger partial charge >= 0.3 is 6.18 Å². The fraction of sp³-hybridized carbons (Fsp3) is 0.857. The molecule has 2 N–H and O–H groups in total. The predicted molar refractivity (Wildman–Crippen MR) is 70.2 cm³/mol. The first-order valence-electron chi connectivity index (χ1n) is 7.21. The molecule has 2 fully saturated rings. The molecule has 0 heterocycles. The van der Waals surface area contributed by atoms with Crippen molar-refractivity contribution in [3.63, 3.8) is 0 Å². The molecular formula is C14H21F3N2O2. The minimum atomic E-state index is -4.62. The summed E-state index contributed by atoms with van der Waals surface area (Å²) >= 11 is 0. The SMILES string of the molecule is C[C@@H]1C[C@@H]1C(=O)NC[C@](C)(NC(=O)[C@H]1C[C@@H]1C)C(F)(F)F. The van der Waals surface area contributed by atoms with E-state index in [2.05, 4.69) is 10.6 Å². The van der Waals surface area contributed by atoms with E-state index in [9.17, 15) is 22.8 Å². The number of halogens is 3. The maximum Gasteiger partial charge on any atom is 0.412 e. The van der Waals surface area contributed by atoms with Crippen molar-refractivity contribution in [3.8, 4) is 0 Å². The summed E-state index contributed by atoms with van der Waals surface area (Å²) in [7, 11) is 0. The van der Waals surface area contributed by atoms with Crippen molar-refractivity contribution in [2.24, 2.45) is 23.7 Å². The molecule has 5 atom stereocenters. The van der Waals surface area contributed by atoms with E-state index in [1.54, 1.807) is 0 Å². The van der Waals surface area contributed by atoms with E-state index in [1.165, 1.54) is 0 Å². The van der Waals surface area contributed by atoms with Crippen LogP contribution >= 0.6 is 0 Å². The Morgan fingerprint density at radius 2 is 1.48 bits per heavy atom. The van der Waals surface area contributed by atoms with Crippen LogP contribution in [-0.4, -0.2) is 30.1 Å². The van der Waals surface area contributed by atoms with Crippen molar-refractivity contribution in [2.45, 2.75) is 45.3 Å². The summed E-state index contributed by atoms with van der Waals surface area (Å²) in [6, 6.07) is 0. The number of hydrogen-bond acceptors (Lipinski definition) is 2. The summed E-state index contributed by atoms with van der Waals surface area (Å²) in [6.45, 7) is 3.98. The van der Waals surface area contributed by atoms with Crippen LogP contribution in [-0.2, 0) is 9.59 Å². The molecule has 7 heteroatoms. The minimum Gasteiger partial charge on any atom is -0.353 e. The molecule has 0 aromatic carbocycles. The molecule has 0 radical (unpaired) electrons. The third kappa shape index (κ3) is 3.49. The lowest BCUT2D eigenvalue weighted by Gasteiger charge is -2.33. The molecule has 4 nitrogen and oxygen atoms in total. The van der Waals surface area contributed by atoms with Crippen molar-refractivity contribution in [1.82, 2.24) is 10.6 Å². The maximum atomic E-state index is 13.2. The molecule has 0 spiro atoms. The lowest BCUT2D eigenvalue weighted by molar-refractivity contribution is -0.192. The van der Waals surface area contributed by atoms with Gasteiger partial charge in [0, 0.05) is 18.4 Å². The van der Waals surface area contributed by atoms with Crippen LogP contribution in [0.5, 0.6) is 0 Å². The number of amides is 2. The van der Waals surface area contributed by atoms with E-state index in [1.807, 2.05) is 13.8 Å². The zero-order valence-corrected chi connectivity index (χ0v) is 12.4. The van der Waals surface area contributed by atoms with Gasteiger partial charge in [0.25, 0.3) is 0 Å². The van der Waals surface area contributed by atoms with Crippen LogP contribution in [0.2, 0.25) is 0 Å². The lowest BCUT2D eigenvalue weighted by atomic mass is 10.0. The fourth-order valence-electron chi connectivity index (χ4n) is 2.35. The summed E-state index contributed by atoms with van der Waals surface area (Å²) < 4.78 is 39.7. The number of carbonyl (C=O) groups excluding carboxylic acids is 2. The van der Waals surface area contributed by atoms with Gasteiger partial charge in [-0.05, 0) is 31.6 Å². The van der Waals surface area contributed by atoms with Gasteiger partial charge in [0.05, 0.1) is 0 Å². The Kier molecular flexibility index (Phi) is 3.97. The van der Waals surface area contributed by atoms with Crippen LogP contribution in [0.25, 0.3) is 0 Å². The highest BCUT2D eigenvalue weighted by atomic mass is 19.4. The summed E-state index contributed by atoms with van der Waals surface area (Å²) in [5.41, 5.74) is -2.43. The average Bonchev–Trinajstić information content (AvgIpc) is 3.23. The summed E-state index contributed by atoms with van der Waals surface area (Å²) in [6.07, 6.45) is -3.30. The van der Waals surface area contributed by atoms with Gasteiger partial charge in [0.1, 0.15) is 0 Å². The van der Waals surface area contributed by atoms with Crippen LogP contribution in [0.4, 0.5) is 13.2 Å². The Balaban J connectivity index is 1.96. The first kappa shape index (κ1) is 16.1. The Labute approximate surface area is 121 Å². The Hall–Kier alpha value is -1.27. The molecule has 2 saturated carbocycles. The van der Waals surface area contributed by atoms with Crippen LogP contribution in [0.15, 0.2) is 0 Å². The second kappa shape index (κ2) is 5.18. The molecule has 0 aromatic rings. The van der Waals surface area contributed by atoms with E-state index < -0.39 is 24.2 Å². The highest BCUT2D eigenvalue weighted by Gasteiger charge is 2.54. The number of alkyl halides is 3. The molecule has 21 heavy (non-hydrogen) atoms. The van der Waals surface area contributed by atoms with Crippen LogP contribution in [0.1, 0.15) is 33.6 Å². The monoisotopic (exact) mass is 306 g/mol. The highest BCUT2D eigenvalue weighted by molar-refractivity contribution is 5.83. The van der Waals surface area contributed by atoms with Crippen molar-refractivity contribution >= 4 is 11.8 Å². The minimum absolute atomic E-state index is 0.129. The smallest absolute Gasteiger partial charge is 0.353 e. The Morgan fingerprint density at radius 3 is 1.86 bits per heavy atom. The third-order valence-electron chi connectivity index (χ3n) is 4.53. The summed E-state index contributed by atoms with van der Waals surface area (Å²) in [4.78, 5) is 23.5. The van der Waals surface area contributed by atoms with Gasteiger partial charge in [0.2, 0.25) is 11.8 Å². The van der Waals surface area contributed by atoms with Crippen LogP contribution in [0.3, 0.4) is 0 Å². The van der Waals surface area contributed by atoms with Crippen molar-refractivity contribution < 1.29 is 22.8 Å². The van der Waals surface area contributed by atoms with Crippen molar-refractivity contribution in [3.05, 3.63) is 0 Å². The molecule has 120 valence electrons. The molecule has 0 aliphatic heterocycles. The number of rotatable bonds is 5. The first-order valence-corrected chi connectivity index (χ1v) is 7.21. The van der Waals surface area contributed by atoms with E-state index >= 15 is 0 Å². The fourth-order valence-corrected chi connectivity index (χ4v) is 2.35. The molecule has 0 unspecified atom stereocenters. The van der Waals surface area contributed by atoms with Crippen molar-refractivity contribution in [2.75, 3.05) is 6.54 Å². The molecule has 0 aromatic heterocycles. The molecular weight excluding hydrogens is 285 g/mol. The van der Waals surface area contributed by atoms with E-state index in [4.69, 9.17) is 0 Å². The van der Waals surface area contributed by atoms with E-state index in [0.29, 0.717) is 12.8 Å². The number of hydrogen-bond donors (Lipinski definition) is 2. The molecule has 2 aliphatic carbocycles. The van der Waals surface area contributed by atoms with Gasteiger partial charge in [-0.15, -0.1) is 0 Å². The lowest BCUT2D eigenvalue weighted by Crippen LogP contribution is -2.62. The standard InChI is InChI=1S/C14H21F3N2O2/c1-7-4-9(7)11(20)18-6-13(3,14(15,16)17)19-12(21)10-5-8(10)2/h7-10H,4-6H2,1-3H3,(H,18,20)(H,19,21)/t7-,8+,9+,10+,13+/m1/s1. The Morgan fingerprint density at radius 1 is 1.05 bits per heavy atom. The van der Waals surface area contributed by atoms with Gasteiger partial charge in [-0.2, -0.15) is 13.2 Å². The highest BCUT2D eigenvalue weighted by Crippen LogP contribution is 2.40.